The van der Waals surface area contributed by atoms with E-state index >= 15 is 0 Å². The number of nitrogen functional groups attached to an aromatic ring is 1. The second kappa shape index (κ2) is 6.82. The molecule has 8 heteroatoms. The van der Waals surface area contributed by atoms with Crippen molar-refractivity contribution in [3.05, 3.63) is 30.5 Å². The molecule has 0 saturated carbocycles. The molecule has 7 nitrogen and oxygen atoms in total. The summed E-state index contributed by atoms with van der Waals surface area (Å²) in [5, 5.41) is 0. The molecule has 0 spiro atoms. The molecule has 2 N–H and O–H groups in total. The van der Waals surface area contributed by atoms with Gasteiger partial charge in [0.15, 0.2) is 0 Å². The summed E-state index contributed by atoms with van der Waals surface area (Å²) >= 11 is 0. The van der Waals surface area contributed by atoms with Crippen molar-refractivity contribution in [2.45, 2.75) is 23.1 Å². The summed E-state index contributed by atoms with van der Waals surface area (Å²) in [4.78, 5) is 10.1. The SMILES string of the molecule is CCCN(C)c1ncc(S(=O)(=O)c2ccc(OC)cc2)c(N)n1. The lowest BCUT2D eigenvalue weighted by molar-refractivity contribution is 0.414. The van der Waals surface area contributed by atoms with E-state index < -0.39 is 9.84 Å². The van der Waals surface area contributed by atoms with Gasteiger partial charge < -0.3 is 15.4 Å². The molecule has 0 aliphatic rings. The van der Waals surface area contributed by atoms with Gasteiger partial charge in [-0.05, 0) is 30.7 Å². The van der Waals surface area contributed by atoms with Crippen LogP contribution in [0, 0.1) is 0 Å². The monoisotopic (exact) mass is 336 g/mol. The fraction of sp³-hybridized carbons (Fsp3) is 0.333. The first-order valence-corrected chi connectivity index (χ1v) is 8.61. The van der Waals surface area contributed by atoms with Crippen molar-refractivity contribution in [1.82, 2.24) is 9.97 Å². The fourth-order valence-corrected chi connectivity index (χ4v) is 3.34. The van der Waals surface area contributed by atoms with Gasteiger partial charge in [0.05, 0.1) is 18.2 Å². The lowest BCUT2D eigenvalue weighted by Crippen LogP contribution is -2.21. The van der Waals surface area contributed by atoms with Crippen LogP contribution in [-0.4, -0.2) is 39.1 Å². The van der Waals surface area contributed by atoms with Gasteiger partial charge in [-0.25, -0.2) is 13.4 Å². The van der Waals surface area contributed by atoms with Crippen molar-refractivity contribution in [3.8, 4) is 5.75 Å². The Morgan fingerprint density at radius 3 is 2.43 bits per heavy atom. The minimum atomic E-state index is -3.77. The topological polar surface area (TPSA) is 98.4 Å². The average Bonchev–Trinajstić information content (AvgIpc) is 2.54. The number of benzene rings is 1. The standard InChI is InChI=1S/C15H20N4O3S/c1-4-9-19(2)15-17-10-13(14(16)18-15)23(20,21)12-7-5-11(22-3)6-8-12/h5-8,10H,4,9H2,1-3H3,(H2,16,17,18). The number of anilines is 2. The minimum Gasteiger partial charge on any atom is -0.497 e. The van der Waals surface area contributed by atoms with Crippen molar-refractivity contribution < 1.29 is 13.2 Å². The largest absolute Gasteiger partial charge is 0.497 e. The molecule has 23 heavy (non-hydrogen) atoms. The van der Waals surface area contributed by atoms with Crippen molar-refractivity contribution in [2.24, 2.45) is 0 Å². The zero-order valence-corrected chi connectivity index (χ0v) is 14.2. The van der Waals surface area contributed by atoms with Gasteiger partial charge in [0.25, 0.3) is 0 Å². The summed E-state index contributed by atoms with van der Waals surface area (Å²) in [6.45, 7) is 2.78. The van der Waals surface area contributed by atoms with Gasteiger partial charge in [0.2, 0.25) is 15.8 Å². The van der Waals surface area contributed by atoms with E-state index in [1.165, 1.54) is 25.4 Å². The second-order valence-electron chi connectivity index (χ2n) is 5.02. The van der Waals surface area contributed by atoms with Gasteiger partial charge in [0.1, 0.15) is 16.5 Å². The predicted octanol–water partition coefficient (Wildman–Crippen LogP) is 1.75. The number of sulfone groups is 1. The Balaban J connectivity index is 2.39. The Morgan fingerprint density at radius 1 is 1.26 bits per heavy atom. The number of nitrogens with two attached hydrogens (primary N) is 1. The van der Waals surface area contributed by atoms with E-state index in [-0.39, 0.29) is 15.6 Å². The summed E-state index contributed by atoms with van der Waals surface area (Å²) < 4.78 is 30.3. The molecule has 0 amide bonds. The third kappa shape index (κ3) is 3.53. The Labute approximate surface area is 136 Å². The van der Waals surface area contributed by atoms with E-state index in [2.05, 4.69) is 9.97 Å². The molecule has 1 heterocycles. The molecule has 1 aromatic carbocycles. The third-order valence-corrected chi connectivity index (χ3v) is 5.12. The van der Waals surface area contributed by atoms with Crippen molar-refractivity contribution in [2.75, 3.05) is 31.3 Å². The van der Waals surface area contributed by atoms with Gasteiger partial charge >= 0.3 is 0 Å². The van der Waals surface area contributed by atoms with Gasteiger partial charge in [0, 0.05) is 13.6 Å². The van der Waals surface area contributed by atoms with Crippen molar-refractivity contribution in [3.63, 3.8) is 0 Å². The molecule has 0 unspecified atom stereocenters. The van der Waals surface area contributed by atoms with Gasteiger partial charge in [-0.1, -0.05) is 6.92 Å². The molecule has 0 aliphatic heterocycles. The zero-order chi connectivity index (χ0) is 17.0. The van der Waals surface area contributed by atoms with Crippen LogP contribution in [0.25, 0.3) is 0 Å². The summed E-state index contributed by atoms with van der Waals surface area (Å²) in [7, 11) is -0.429. The number of aromatic nitrogens is 2. The minimum absolute atomic E-state index is 0.0613. The third-order valence-electron chi connectivity index (χ3n) is 3.33. The highest BCUT2D eigenvalue weighted by atomic mass is 32.2. The van der Waals surface area contributed by atoms with Crippen LogP contribution in [0.3, 0.4) is 0 Å². The molecular weight excluding hydrogens is 316 g/mol. The summed E-state index contributed by atoms with van der Waals surface area (Å²) in [5.41, 5.74) is 5.85. The molecule has 1 aromatic heterocycles. The highest BCUT2D eigenvalue weighted by Gasteiger charge is 2.23. The summed E-state index contributed by atoms with van der Waals surface area (Å²) in [5.74, 6) is 0.913. The maximum atomic E-state index is 12.6. The maximum absolute atomic E-state index is 12.6. The number of hydrogen-bond acceptors (Lipinski definition) is 7. The summed E-state index contributed by atoms with van der Waals surface area (Å²) in [6.07, 6.45) is 2.18. The van der Waals surface area contributed by atoms with Gasteiger partial charge in [-0.3, -0.25) is 0 Å². The van der Waals surface area contributed by atoms with Crippen molar-refractivity contribution in [1.29, 1.82) is 0 Å². The molecule has 0 radical (unpaired) electrons. The molecule has 0 aliphatic carbocycles. The average molecular weight is 336 g/mol. The quantitative estimate of drug-likeness (QED) is 0.858. The summed E-state index contributed by atoms with van der Waals surface area (Å²) in [6, 6.07) is 6.08. The first-order valence-electron chi connectivity index (χ1n) is 7.13. The van der Waals surface area contributed by atoms with Crippen LogP contribution < -0.4 is 15.4 Å². The van der Waals surface area contributed by atoms with Crippen LogP contribution in [0.5, 0.6) is 5.75 Å². The van der Waals surface area contributed by atoms with E-state index in [1.54, 1.807) is 12.1 Å². The van der Waals surface area contributed by atoms with Crippen LogP contribution in [0.15, 0.2) is 40.3 Å². The first kappa shape index (κ1) is 17.0. The van der Waals surface area contributed by atoms with Gasteiger partial charge in [-0.15, -0.1) is 0 Å². The highest BCUT2D eigenvalue weighted by Crippen LogP contribution is 2.26. The van der Waals surface area contributed by atoms with Crippen LogP contribution >= 0.6 is 0 Å². The van der Waals surface area contributed by atoms with E-state index in [0.29, 0.717) is 11.7 Å². The molecule has 2 rings (SSSR count). The maximum Gasteiger partial charge on any atom is 0.227 e. The lowest BCUT2D eigenvalue weighted by Gasteiger charge is -2.16. The van der Waals surface area contributed by atoms with Crippen LogP contribution in [0.2, 0.25) is 0 Å². The normalized spacial score (nSPS) is 11.3. The number of ether oxygens (including phenoxy) is 1. The second-order valence-corrected chi connectivity index (χ2v) is 6.94. The Kier molecular flexibility index (Phi) is 5.05. The molecule has 2 aromatic rings. The van der Waals surface area contributed by atoms with E-state index in [1.807, 2.05) is 18.9 Å². The van der Waals surface area contributed by atoms with Crippen LogP contribution in [0.1, 0.15) is 13.3 Å². The number of rotatable bonds is 6. The fourth-order valence-electron chi connectivity index (χ4n) is 2.08. The van der Waals surface area contributed by atoms with E-state index in [4.69, 9.17) is 10.5 Å². The smallest absolute Gasteiger partial charge is 0.227 e. The lowest BCUT2D eigenvalue weighted by atomic mass is 10.3. The Morgan fingerprint density at radius 2 is 1.91 bits per heavy atom. The Hall–Kier alpha value is -2.35. The van der Waals surface area contributed by atoms with Gasteiger partial charge in [-0.2, -0.15) is 4.98 Å². The Bertz CT molecular complexity index is 776. The van der Waals surface area contributed by atoms with E-state index in [9.17, 15) is 8.42 Å². The highest BCUT2D eigenvalue weighted by molar-refractivity contribution is 7.91. The number of hydrogen-bond donors (Lipinski definition) is 1. The van der Waals surface area contributed by atoms with E-state index in [0.717, 1.165) is 13.0 Å². The number of methoxy groups -OCH3 is 1. The van der Waals surface area contributed by atoms with Crippen LogP contribution in [-0.2, 0) is 9.84 Å². The zero-order valence-electron chi connectivity index (χ0n) is 13.4. The first-order chi connectivity index (χ1) is 10.9. The van der Waals surface area contributed by atoms with Crippen LogP contribution in [0.4, 0.5) is 11.8 Å². The molecule has 0 fully saturated rings. The molecule has 124 valence electrons. The number of nitrogens with zero attached hydrogens (tertiary/aromatic N) is 3. The molecule has 0 saturated heterocycles. The predicted molar refractivity (Wildman–Crippen MR) is 88.5 cm³/mol. The molecule has 0 atom stereocenters. The molecular formula is C15H20N4O3S. The molecule has 0 bridgehead atoms. The van der Waals surface area contributed by atoms with Crippen molar-refractivity contribution >= 4 is 21.6 Å².